The van der Waals surface area contributed by atoms with Gasteiger partial charge in [-0.1, -0.05) is 36.4 Å². The number of hydrogen-bond acceptors (Lipinski definition) is 10. The molecule has 6 amide bonds. The number of hydrogen-bond donors (Lipinski definition) is 10. The van der Waals surface area contributed by atoms with Crippen LogP contribution in [0.2, 0.25) is 0 Å². The number of nitrogens with two attached hydrogens (primary N) is 2. The van der Waals surface area contributed by atoms with E-state index in [4.69, 9.17) is 11.5 Å². The van der Waals surface area contributed by atoms with E-state index in [1.165, 1.54) is 36.4 Å². The smallest absolute Gasteiger partial charge is 0.253 e. The summed E-state index contributed by atoms with van der Waals surface area (Å²) in [4.78, 5) is 81.1. The largest absolute Gasteiger partial charge is 0.508 e. The Bertz CT molecular complexity index is 1730. The maximum absolute atomic E-state index is 13.9. The Kier molecular flexibility index (Phi) is 13.9. The molecule has 16 heteroatoms. The first kappa shape index (κ1) is 38.6. The standard InChI is InChI=1S/C36H44N8O8/c37-16-4-3-7-27-34(50)44-30(19-39-32(48)25-5-1-2-6-26(25)38)36(52)43-28(17-21-8-12-23(45)13-9-21)33(49)40-20-31(47)41-29(35(51)42-27)18-22-10-14-24(46)15-11-22/h1-2,5-6,8-15,27-30,45-46H,3-4,7,16-20,37-38H2,(H,39,48)(H,40,49)(H,41,47)(H,42,51)(H,43,52)(H,44,50)/t27-,28+,29+,30+/m1/s1. The van der Waals surface area contributed by atoms with Crippen molar-refractivity contribution in [2.24, 2.45) is 5.73 Å². The maximum Gasteiger partial charge on any atom is 0.253 e. The number of aromatic hydroxyl groups is 2. The zero-order chi connectivity index (χ0) is 37.6. The van der Waals surface area contributed by atoms with Crippen molar-refractivity contribution in [3.63, 3.8) is 0 Å². The summed E-state index contributed by atoms with van der Waals surface area (Å²) < 4.78 is 0. The SMILES string of the molecule is NCCCC[C@H]1NC(=O)[C@H](Cc2ccc(O)cc2)NC(=O)CNC(=O)[C@H](Cc2ccc(O)cc2)NC(=O)[C@H](CNC(=O)c2ccccc2N)NC1=O. The minimum absolute atomic E-state index is 0.00153. The summed E-state index contributed by atoms with van der Waals surface area (Å²) in [6, 6.07) is 13.1. The van der Waals surface area contributed by atoms with Gasteiger partial charge in [-0.25, -0.2) is 0 Å². The summed E-state index contributed by atoms with van der Waals surface area (Å²) in [6.07, 6.45) is 0.984. The predicted octanol–water partition coefficient (Wildman–Crippen LogP) is -0.907. The van der Waals surface area contributed by atoms with Gasteiger partial charge in [-0.2, -0.15) is 0 Å². The fourth-order valence-electron chi connectivity index (χ4n) is 5.47. The number of nitrogens with one attached hydrogen (secondary N) is 6. The van der Waals surface area contributed by atoms with Gasteiger partial charge in [0.15, 0.2) is 0 Å². The van der Waals surface area contributed by atoms with Crippen molar-refractivity contribution < 1.29 is 39.0 Å². The van der Waals surface area contributed by atoms with Gasteiger partial charge in [-0.05, 0) is 73.3 Å². The minimum Gasteiger partial charge on any atom is -0.508 e. The van der Waals surface area contributed by atoms with E-state index in [2.05, 4.69) is 31.9 Å². The zero-order valence-corrected chi connectivity index (χ0v) is 28.4. The number of para-hydroxylation sites is 1. The molecule has 52 heavy (non-hydrogen) atoms. The molecule has 0 saturated carbocycles. The van der Waals surface area contributed by atoms with E-state index in [1.807, 2.05) is 0 Å². The first-order valence-corrected chi connectivity index (χ1v) is 16.8. The Morgan fingerprint density at radius 3 is 1.79 bits per heavy atom. The Morgan fingerprint density at radius 2 is 1.19 bits per heavy atom. The van der Waals surface area contributed by atoms with Gasteiger partial charge in [0.05, 0.1) is 12.1 Å². The number of nitrogen functional groups attached to an aromatic ring is 1. The highest BCUT2D eigenvalue weighted by molar-refractivity contribution is 6.00. The molecular weight excluding hydrogens is 672 g/mol. The summed E-state index contributed by atoms with van der Waals surface area (Å²) in [5, 5.41) is 35.1. The molecule has 1 fully saturated rings. The number of carbonyl (C=O) groups is 6. The van der Waals surface area contributed by atoms with E-state index >= 15 is 0 Å². The fraction of sp³-hybridized carbons (Fsp3) is 0.333. The molecule has 4 atom stereocenters. The van der Waals surface area contributed by atoms with E-state index in [0.29, 0.717) is 30.5 Å². The molecule has 16 nitrogen and oxygen atoms in total. The Hall–Kier alpha value is -6.16. The predicted molar refractivity (Wildman–Crippen MR) is 190 cm³/mol. The van der Waals surface area contributed by atoms with Crippen molar-refractivity contribution in [2.45, 2.75) is 56.3 Å². The lowest BCUT2D eigenvalue weighted by Crippen LogP contribution is -2.60. The Morgan fingerprint density at radius 1 is 0.673 bits per heavy atom. The number of rotatable bonds is 11. The minimum atomic E-state index is -1.44. The van der Waals surface area contributed by atoms with Crippen LogP contribution in [0.15, 0.2) is 72.8 Å². The number of benzene rings is 3. The molecule has 1 heterocycles. The molecule has 0 spiro atoms. The molecule has 0 unspecified atom stereocenters. The van der Waals surface area contributed by atoms with E-state index in [0.717, 1.165) is 0 Å². The van der Waals surface area contributed by atoms with Gasteiger partial charge in [-0.15, -0.1) is 0 Å². The van der Waals surface area contributed by atoms with Crippen LogP contribution < -0.4 is 43.4 Å². The monoisotopic (exact) mass is 716 g/mol. The summed E-state index contributed by atoms with van der Waals surface area (Å²) in [7, 11) is 0. The molecule has 0 bridgehead atoms. The van der Waals surface area contributed by atoms with E-state index in [1.54, 1.807) is 36.4 Å². The molecule has 4 rings (SSSR count). The highest BCUT2D eigenvalue weighted by Crippen LogP contribution is 2.14. The number of anilines is 1. The summed E-state index contributed by atoms with van der Waals surface area (Å²) in [6.45, 7) is -0.661. The van der Waals surface area contributed by atoms with Gasteiger partial charge in [0.1, 0.15) is 35.7 Å². The second kappa shape index (κ2) is 18.7. The van der Waals surface area contributed by atoms with Crippen molar-refractivity contribution in [2.75, 3.05) is 25.4 Å². The Balaban J connectivity index is 1.68. The quantitative estimate of drug-likeness (QED) is 0.0863. The number of phenolic OH excluding ortho intramolecular Hbond substituents is 2. The third kappa shape index (κ3) is 11.4. The normalized spacial score (nSPS) is 20.2. The molecule has 0 radical (unpaired) electrons. The third-order valence-electron chi connectivity index (χ3n) is 8.35. The van der Waals surface area contributed by atoms with Crippen molar-refractivity contribution in [3.05, 3.63) is 89.5 Å². The van der Waals surface area contributed by atoms with Gasteiger partial charge in [0.2, 0.25) is 29.5 Å². The lowest BCUT2D eigenvalue weighted by atomic mass is 10.0. The van der Waals surface area contributed by atoms with Crippen LogP contribution in [0, 0.1) is 0 Å². The lowest BCUT2D eigenvalue weighted by Gasteiger charge is -2.26. The van der Waals surface area contributed by atoms with Gasteiger partial charge < -0.3 is 53.6 Å². The van der Waals surface area contributed by atoms with Crippen molar-refractivity contribution in [1.82, 2.24) is 31.9 Å². The second-order valence-corrected chi connectivity index (χ2v) is 12.3. The second-order valence-electron chi connectivity index (χ2n) is 12.3. The third-order valence-corrected chi connectivity index (χ3v) is 8.35. The first-order valence-electron chi connectivity index (χ1n) is 16.8. The highest BCUT2D eigenvalue weighted by atomic mass is 16.3. The van der Waals surface area contributed by atoms with Gasteiger partial charge in [0.25, 0.3) is 5.91 Å². The molecule has 3 aromatic rings. The van der Waals surface area contributed by atoms with Gasteiger partial charge in [0, 0.05) is 25.1 Å². The van der Waals surface area contributed by atoms with Crippen molar-refractivity contribution >= 4 is 41.1 Å². The lowest BCUT2D eigenvalue weighted by molar-refractivity contribution is -0.134. The Labute approximate surface area is 300 Å². The molecular formula is C36H44N8O8. The van der Waals surface area contributed by atoms with Crippen LogP contribution in [0.4, 0.5) is 5.69 Å². The molecule has 276 valence electrons. The van der Waals surface area contributed by atoms with Crippen LogP contribution >= 0.6 is 0 Å². The summed E-state index contributed by atoms with van der Waals surface area (Å²) in [5.74, 6) is -4.42. The molecule has 0 aliphatic carbocycles. The molecule has 1 saturated heterocycles. The maximum atomic E-state index is 13.9. The van der Waals surface area contributed by atoms with E-state index in [9.17, 15) is 39.0 Å². The molecule has 12 N–H and O–H groups in total. The topological polar surface area (TPSA) is 267 Å². The zero-order valence-electron chi connectivity index (χ0n) is 28.4. The number of carbonyl (C=O) groups excluding carboxylic acids is 6. The van der Waals surface area contributed by atoms with E-state index in [-0.39, 0.29) is 42.0 Å². The average molecular weight is 717 g/mol. The van der Waals surface area contributed by atoms with Crippen LogP contribution in [0.5, 0.6) is 11.5 Å². The summed E-state index contributed by atoms with van der Waals surface area (Å²) in [5.41, 5.74) is 13.1. The van der Waals surface area contributed by atoms with Crippen molar-refractivity contribution in [1.29, 1.82) is 0 Å². The molecule has 1 aliphatic rings. The van der Waals surface area contributed by atoms with Crippen LogP contribution in [-0.2, 0) is 36.8 Å². The van der Waals surface area contributed by atoms with Crippen LogP contribution in [-0.4, -0.2) is 89.5 Å². The number of amides is 6. The number of phenols is 2. The van der Waals surface area contributed by atoms with Crippen LogP contribution in [0.1, 0.15) is 40.7 Å². The average Bonchev–Trinajstić information content (AvgIpc) is 3.12. The van der Waals surface area contributed by atoms with Crippen LogP contribution in [0.25, 0.3) is 0 Å². The van der Waals surface area contributed by atoms with E-state index < -0.39 is 72.7 Å². The van der Waals surface area contributed by atoms with Gasteiger partial charge in [-0.3, -0.25) is 28.8 Å². The summed E-state index contributed by atoms with van der Waals surface area (Å²) >= 11 is 0. The molecule has 0 aromatic heterocycles. The van der Waals surface area contributed by atoms with Crippen LogP contribution in [0.3, 0.4) is 0 Å². The first-order chi connectivity index (χ1) is 24.9. The van der Waals surface area contributed by atoms with Crippen molar-refractivity contribution in [3.8, 4) is 11.5 Å². The molecule has 1 aliphatic heterocycles. The number of unbranched alkanes of at least 4 members (excludes halogenated alkanes) is 1. The van der Waals surface area contributed by atoms with Gasteiger partial charge >= 0.3 is 0 Å². The fourth-order valence-corrected chi connectivity index (χ4v) is 5.47. The molecule has 3 aromatic carbocycles. The highest BCUT2D eigenvalue weighted by Gasteiger charge is 2.33.